The summed E-state index contributed by atoms with van der Waals surface area (Å²) >= 11 is 0. The van der Waals surface area contributed by atoms with Crippen LogP contribution < -0.4 is 20.9 Å². The average molecular weight is 358 g/mol. The van der Waals surface area contributed by atoms with E-state index >= 15 is 0 Å². The normalized spacial score (nSPS) is 14.4. The lowest BCUT2D eigenvalue weighted by Crippen LogP contribution is -2.42. The van der Waals surface area contributed by atoms with Gasteiger partial charge in [-0.3, -0.25) is 9.59 Å². The van der Waals surface area contributed by atoms with Gasteiger partial charge in [-0.1, -0.05) is 0 Å². The number of amides is 4. The van der Waals surface area contributed by atoms with Gasteiger partial charge in [0.05, 0.1) is 6.54 Å². The first kappa shape index (κ1) is 18.6. The minimum atomic E-state index is -4.50. The summed E-state index contributed by atoms with van der Waals surface area (Å²) in [6.45, 7) is -1.38. The number of nitrogens with one attached hydrogen (secondary N) is 3. The van der Waals surface area contributed by atoms with E-state index in [1.54, 1.807) is 34.5 Å². The SMILES string of the molecule is O=C(CNC(=O)Nc1ccc(N2CCCC2=O)cc1)NCC(F)(F)F. The van der Waals surface area contributed by atoms with E-state index in [0.29, 0.717) is 18.7 Å². The Morgan fingerprint density at radius 1 is 1.12 bits per heavy atom. The zero-order valence-corrected chi connectivity index (χ0v) is 13.2. The van der Waals surface area contributed by atoms with Gasteiger partial charge in [0.25, 0.3) is 0 Å². The highest BCUT2D eigenvalue weighted by Gasteiger charge is 2.27. The second-order valence-corrected chi connectivity index (χ2v) is 5.40. The number of anilines is 2. The van der Waals surface area contributed by atoms with Crippen LogP contribution in [0.25, 0.3) is 0 Å². The Labute approximate surface area is 141 Å². The van der Waals surface area contributed by atoms with Gasteiger partial charge in [0.15, 0.2) is 0 Å². The van der Waals surface area contributed by atoms with E-state index in [0.717, 1.165) is 12.1 Å². The van der Waals surface area contributed by atoms with Crippen molar-refractivity contribution in [2.45, 2.75) is 19.0 Å². The van der Waals surface area contributed by atoms with Crippen LogP contribution in [0.2, 0.25) is 0 Å². The Balaban J connectivity index is 1.77. The van der Waals surface area contributed by atoms with Crippen molar-refractivity contribution in [2.75, 3.05) is 29.9 Å². The quantitative estimate of drug-likeness (QED) is 0.747. The number of hydrogen-bond acceptors (Lipinski definition) is 3. The van der Waals surface area contributed by atoms with E-state index in [2.05, 4.69) is 10.6 Å². The monoisotopic (exact) mass is 358 g/mol. The highest BCUT2D eigenvalue weighted by Crippen LogP contribution is 2.22. The molecule has 2 rings (SSSR count). The summed E-state index contributed by atoms with van der Waals surface area (Å²) in [5, 5.41) is 6.23. The van der Waals surface area contributed by atoms with Gasteiger partial charge in [0, 0.05) is 24.3 Å². The van der Waals surface area contributed by atoms with Crippen LogP contribution in [0.3, 0.4) is 0 Å². The topological polar surface area (TPSA) is 90.5 Å². The fraction of sp³-hybridized carbons (Fsp3) is 0.400. The van der Waals surface area contributed by atoms with Crippen LogP contribution in [0.15, 0.2) is 24.3 Å². The van der Waals surface area contributed by atoms with Crippen molar-refractivity contribution in [3.63, 3.8) is 0 Å². The van der Waals surface area contributed by atoms with Gasteiger partial charge in [0.2, 0.25) is 11.8 Å². The van der Waals surface area contributed by atoms with Gasteiger partial charge < -0.3 is 20.9 Å². The van der Waals surface area contributed by atoms with E-state index < -0.39 is 31.2 Å². The second kappa shape index (κ2) is 7.86. The summed E-state index contributed by atoms with van der Waals surface area (Å²) in [7, 11) is 0. The number of hydrogen-bond donors (Lipinski definition) is 3. The number of alkyl halides is 3. The first-order valence-corrected chi connectivity index (χ1v) is 7.53. The maximum atomic E-state index is 11.9. The molecule has 0 atom stereocenters. The third-order valence-electron chi connectivity index (χ3n) is 3.41. The van der Waals surface area contributed by atoms with Crippen molar-refractivity contribution >= 4 is 29.2 Å². The van der Waals surface area contributed by atoms with E-state index in [-0.39, 0.29) is 5.91 Å². The first-order valence-electron chi connectivity index (χ1n) is 7.53. The molecule has 1 aliphatic heterocycles. The molecule has 25 heavy (non-hydrogen) atoms. The van der Waals surface area contributed by atoms with Crippen LogP contribution in [0.1, 0.15) is 12.8 Å². The van der Waals surface area contributed by atoms with Crippen LogP contribution in [0.5, 0.6) is 0 Å². The van der Waals surface area contributed by atoms with E-state index in [1.165, 1.54) is 0 Å². The van der Waals surface area contributed by atoms with Crippen LogP contribution in [0, 0.1) is 0 Å². The molecule has 0 bridgehead atoms. The van der Waals surface area contributed by atoms with Crippen molar-refractivity contribution in [3.8, 4) is 0 Å². The molecule has 0 radical (unpaired) electrons. The number of carbonyl (C=O) groups is 3. The van der Waals surface area contributed by atoms with Crippen molar-refractivity contribution in [1.29, 1.82) is 0 Å². The van der Waals surface area contributed by atoms with Gasteiger partial charge in [0.1, 0.15) is 6.54 Å². The molecule has 1 saturated heterocycles. The fourth-order valence-corrected chi connectivity index (χ4v) is 2.24. The minimum Gasteiger partial charge on any atom is -0.345 e. The molecule has 0 aromatic heterocycles. The molecular weight excluding hydrogens is 341 g/mol. The predicted octanol–water partition coefficient (Wildman–Crippen LogP) is 1.61. The molecule has 10 heteroatoms. The van der Waals surface area contributed by atoms with Gasteiger partial charge in [-0.05, 0) is 30.7 Å². The maximum Gasteiger partial charge on any atom is 0.405 e. The van der Waals surface area contributed by atoms with Gasteiger partial charge in [-0.15, -0.1) is 0 Å². The Bertz CT molecular complexity index is 646. The van der Waals surface area contributed by atoms with Crippen molar-refractivity contribution in [2.24, 2.45) is 0 Å². The van der Waals surface area contributed by atoms with Gasteiger partial charge in [-0.25, -0.2) is 4.79 Å². The standard InChI is InChI=1S/C15H17F3N4O3/c16-15(17,18)9-20-12(23)8-19-14(25)21-10-3-5-11(6-4-10)22-7-1-2-13(22)24/h3-6H,1-2,7-9H2,(H,20,23)(H2,19,21,25). The molecule has 1 aliphatic rings. The molecule has 1 fully saturated rings. The number of halogens is 3. The first-order chi connectivity index (χ1) is 11.7. The number of nitrogens with zero attached hydrogens (tertiary/aromatic N) is 1. The molecule has 1 aromatic rings. The zero-order chi connectivity index (χ0) is 18.4. The van der Waals surface area contributed by atoms with Crippen molar-refractivity contribution in [1.82, 2.24) is 10.6 Å². The summed E-state index contributed by atoms with van der Waals surface area (Å²) in [5.41, 5.74) is 1.14. The van der Waals surface area contributed by atoms with Gasteiger partial charge in [-0.2, -0.15) is 13.2 Å². The molecular formula is C15H17F3N4O3. The Hall–Kier alpha value is -2.78. The molecule has 0 spiro atoms. The van der Waals surface area contributed by atoms with Gasteiger partial charge >= 0.3 is 12.2 Å². The van der Waals surface area contributed by atoms with E-state index in [1.807, 2.05) is 0 Å². The molecule has 3 N–H and O–H groups in total. The predicted molar refractivity (Wildman–Crippen MR) is 84.1 cm³/mol. The van der Waals surface area contributed by atoms with Crippen molar-refractivity contribution < 1.29 is 27.6 Å². The number of rotatable bonds is 5. The summed E-state index contributed by atoms with van der Waals surface area (Å²) in [5.74, 6) is -0.904. The Kier molecular flexibility index (Phi) is 5.84. The maximum absolute atomic E-state index is 11.9. The molecule has 1 heterocycles. The summed E-state index contributed by atoms with van der Waals surface area (Å²) in [4.78, 5) is 36.1. The van der Waals surface area contributed by atoms with E-state index in [4.69, 9.17) is 0 Å². The van der Waals surface area contributed by atoms with Crippen LogP contribution in [-0.4, -0.2) is 43.7 Å². The van der Waals surface area contributed by atoms with E-state index in [9.17, 15) is 27.6 Å². The Morgan fingerprint density at radius 3 is 2.36 bits per heavy atom. The molecule has 0 saturated carbocycles. The average Bonchev–Trinajstić information content (AvgIpc) is 2.97. The third-order valence-corrected chi connectivity index (χ3v) is 3.41. The third kappa shape index (κ3) is 5.98. The Morgan fingerprint density at radius 2 is 1.80 bits per heavy atom. The number of urea groups is 1. The summed E-state index contributed by atoms with van der Waals surface area (Å²) in [6.07, 6.45) is -3.19. The molecule has 1 aromatic carbocycles. The summed E-state index contributed by atoms with van der Waals surface area (Å²) < 4.78 is 35.8. The lowest BCUT2D eigenvalue weighted by molar-refractivity contribution is -0.137. The number of carbonyl (C=O) groups excluding carboxylic acids is 3. The lowest BCUT2D eigenvalue weighted by atomic mass is 10.2. The molecule has 4 amide bonds. The van der Waals surface area contributed by atoms with Crippen LogP contribution in [-0.2, 0) is 9.59 Å². The molecule has 0 unspecified atom stereocenters. The zero-order valence-electron chi connectivity index (χ0n) is 13.2. The molecule has 0 aliphatic carbocycles. The highest BCUT2D eigenvalue weighted by atomic mass is 19.4. The fourth-order valence-electron chi connectivity index (χ4n) is 2.24. The summed E-state index contributed by atoms with van der Waals surface area (Å²) in [6, 6.07) is 5.80. The molecule has 7 nitrogen and oxygen atoms in total. The minimum absolute atomic E-state index is 0.0447. The number of benzene rings is 1. The van der Waals surface area contributed by atoms with Crippen LogP contribution in [0.4, 0.5) is 29.3 Å². The van der Waals surface area contributed by atoms with Crippen molar-refractivity contribution in [3.05, 3.63) is 24.3 Å². The largest absolute Gasteiger partial charge is 0.405 e. The smallest absolute Gasteiger partial charge is 0.345 e. The molecule has 136 valence electrons. The second-order valence-electron chi connectivity index (χ2n) is 5.40. The highest BCUT2D eigenvalue weighted by molar-refractivity contribution is 5.96. The lowest BCUT2D eigenvalue weighted by Gasteiger charge is -2.16. The van der Waals surface area contributed by atoms with Crippen LogP contribution >= 0.6 is 0 Å².